The molecule has 36 heavy (non-hydrogen) atoms. The highest BCUT2D eigenvalue weighted by atomic mass is 32.1. The van der Waals surface area contributed by atoms with Gasteiger partial charge in [-0.15, -0.1) is 0 Å². The van der Waals surface area contributed by atoms with Gasteiger partial charge in [-0.2, -0.15) is 0 Å². The summed E-state index contributed by atoms with van der Waals surface area (Å²) in [5, 5.41) is 4.18. The van der Waals surface area contributed by atoms with E-state index in [1.807, 2.05) is 48.7 Å². The van der Waals surface area contributed by atoms with Crippen LogP contribution in [0.1, 0.15) is 40.3 Å². The van der Waals surface area contributed by atoms with E-state index in [4.69, 9.17) is 21.7 Å². The SMILES string of the molecule is COc1ccc(N2C(=S)NC(c3ccccn3)C2c2cc(C)n(Cc3ccccc3)c2C)c(OC)c1. The molecule has 0 radical (unpaired) electrons. The van der Waals surface area contributed by atoms with Gasteiger partial charge in [0.1, 0.15) is 11.5 Å². The number of benzene rings is 2. The molecule has 1 aliphatic rings. The monoisotopic (exact) mass is 498 g/mol. The molecule has 0 spiro atoms. The molecule has 2 atom stereocenters. The van der Waals surface area contributed by atoms with Crippen molar-refractivity contribution >= 4 is 23.0 Å². The first kappa shape index (κ1) is 23.9. The van der Waals surface area contributed by atoms with Crippen molar-refractivity contribution in [2.75, 3.05) is 19.1 Å². The lowest BCUT2D eigenvalue weighted by molar-refractivity contribution is 0.394. The smallest absolute Gasteiger partial charge is 0.174 e. The number of hydrogen-bond donors (Lipinski definition) is 1. The highest BCUT2D eigenvalue weighted by Crippen LogP contribution is 2.46. The van der Waals surface area contributed by atoms with Crippen LogP contribution in [0.15, 0.2) is 79.0 Å². The summed E-state index contributed by atoms with van der Waals surface area (Å²) < 4.78 is 13.6. The Bertz CT molecular complexity index is 1370. The lowest BCUT2D eigenvalue weighted by Crippen LogP contribution is -2.30. The minimum atomic E-state index is -0.129. The molecule has 2 unspecified atom stereocenters. The van der Waals surface area contributed by atoms with Gasteiger partial charge in [-0.05, 0) is 67.5 Å². The van der Waals surface area contributed by atoms with E-state index >= 15 is 0 Å². The molecular formula is C29H30N4O2S. The van der Waals surface area contributed by atoms with E-state index in [1.165, 1.54) is 22.5 Å². The summed E-state index contributed by atoms with van der Waals surface area (Å²) in [5.41, 5.74) is 6.68. The van der Waals surface area contributed by atoms with Gasteiger partial charge in [-0.25, -0.2) is 0 Å². The highest BCUT2D eigenvalue weighted by molar-refractivity contribution is 7.80. The molecular weight excluding hydrogens is 468 g/mol. The summed E-state index contributed by atoms with van der Waals surface area (Å²) in [5.74, 6) is 1.43. The zero-order valence-corrected chi connectivity index (χ0v) is 21.8. The van der Waals surface area contributed by atoms with Gasteiger partial charge in [0, 0.05) is 30.2 Å². The zero-order chi connectivity index (χ0) is 25.2. The molecule has 0 aliphatic carbocycles. The number of aromatic nitrogens is 2. The van der Waals surface area contributed by atoms with Gasteiger partial charge < -0.3 is 24.3 Å². The molecule has 1 N–H and O–H groups in total. The Labute approximate surface area is 217 Å². The standard InChI is InChI=1S/C29H30N4O2S/c1-19-16-23(20(2)32(19)18-21-10-6-5-7-11-21)28-27(24-12-8-9-15-30-24)31-29(36)33(28)25-14-13-22(34-3)17-26(25)35-4/h5-17,27-28H,18H2,1-4H3,(H,31,36). The molecule has 3 heterocycles. The minimum Gasteiger partial charge on any atom is -0.497 e. The van der Waals surface area contributed by atoms with E-state index < -0.39 is 0 Å². The van der Waals surface area contributed by atoms with Crippen molar-refractivity contribution in [3.8, 4) is 11.5 Å². The molecule has 2 aromatic carbocycles. The zero-order valence-electron chi connectivity index (χ0n) is 20.9. The first-order valence-electron chi connectivity index (χ1n) is 11.9. The van der Waals surface area contributed by atoms with Crippen molar-refractivity contribution in [1.29, 1.82) is 0 Å². The average molecular weight is 499 g/mol. The number of methoxy groups -OCH3 is 2. The number of aryl methyl sites for hydroxylation is 1. The second-order valence-electron chi connectivity index (χ2n) is 8.93. The number of ether oxygens (including phenoxy) is 2. The van der Waals surface area contributed by atoms with Crippen LogP contribution in [-0.2, 0) is 6.54 Å². The van der Waals surface area contributed by atoms with E-state index in [9.17, 15) is 0 Å². The Morgan fingerprint density at radius 2 is 1.72 bits per heavy atom. The fraction of sp³-hybridized carbons (Fsp3) is 0.241. The van der Waals surface area contributed by atoms with Crippen LogP contribution in [-0.4, -0.2) is 28.9 Å². The van der Waals surface area contributed by atoms with E-state index in [1.54, 1.807) is 14.2 Å². The predicted molar refractivity (Wildman–Crippen MR) is 147 cm³/mol. The van der Waals surface area contributed by atoms with Crippen molar-refractivity contribution in [2.24, 2.45) is 0 Å². The molecule has 184 valence electrons. The molecule has 7 heteroatoms. The van der Waals surface area contributed by atoms with Gasteiger partial charge in [0.25, 0.3) is 0 Å². The van der Waals surface area contributed by atoms with Crippen molar-refractivity contribution in [3.05, 3.63) is 107 Å². The lowest BCUT2D eigenvalue weighted by Gasteiger charge is -2.29. The second-order valence-corrected chi connectivity index (χ2v) is 9.32. The quantitative estimate of drug-likeness (QED) is 0.328. The summed E-state index contributed by atoms with van der Waals surface area (Å²) in [4.78, 5) is 6.84. The third kappa shape index (κ3) is 4.31. The minimum absolute atomic E-state index is 0.120. The Kier molecular flexibility index (Phi) is 6.65. The van der Waals surface area contributed by atoms with Gasteiger partial charge in [0.05, 0.1) is 37.7 Å². The number of rotatable bonds is 7. The molecule has 4 aromatic rings. The molecule has 1 saturated heterocycles. The number of hydrogen-bond acceptors (Lipinski definition) is 4. The van der Waals surface area contributed by atoms with Crippen LogP contribution in [0.3, 0.4) is 0 Å². The maximum absolute atomic E-state index is 5.93. The Hall–Kier alpha value is -3.84. The molecule has 0 bridgehead atoms. The van der Waals surface area contributed by atoms with Crippen molar-refractivity contribution in [2.45, 2.75) is 32.5 Å². The largest absolute Gasteiger partial charge is 0.497 e. The Morgan fingerprint density at radius 1 is 0.944 bits per heavy atom. The third-order valence-corrected chi connectivity index (χ3v) is 7.17. The summed E-state index contributed by atoms with van der Waals surface area (Å²) >= 11 is 5.93. The molecule has 5 rings (SSSR count). The Balaban J connectivity index is 1.65. The maximum atomic E-state index is 5.93. The van der Waals surface area contributed by atoms with Crippen LogP contribution < -0.4 is 19.7 Å². The molecule has 6 nitrogen and oxygen atoms in total. The van der Waals surface area contributed by atoms with Gasteiger partial charge in [-0.1, -0.05) is 36.4 Å². The molecule has 0 amide bonds. The number of thiocarbonyl (C=S) groups is 1. The summed E-state index contributed by atoms with van der Waals surface area (Å²) in [7, 11) is 3.32. The van der Waals surface area contributed by atoms with Gasteiger partial charge in [-0.3, -0.25) is 4.98 Å². The first-order chi connectivity index (χ1) is 17.5. The van der Waals surface area contributed by atoms with Crippen LogP contribution in [0.25, 0.3) is 0 Å². The number of nitrogens with one attached hydrogen (secondary N) is 1. The average Bonchev–Trinajstić information content (AvgIpc) is 3.40. The number of nitrogens with zero attached hydrogens (tertiary/aromatic N) is 3. The van der Waals surface area contributed by atoms with Crippen molar-refractivity contribution in [1.82, 2.24) is 14.9 Å². The van der Waals surface area contributed by atoms with Crippen molar-refractivity contribution < 1.29 is 9.47 Å². The summed E-state index contributed by atoms with van der Waals surface area (Å²) in [6.45, 7) is 5.16. The molecule has 1 fully saturated rings. The van der Waals surface area contributed by atoms with Gasteiger partial charge in [0.15, 0.2) is 5.11 Å². The van der Waals surface area contributed by atoms with Crippen LogP contribution >= 0.6 is 12.2 Å². The molecule has 1 aliphatic heterocycles. The predicted octanol–water partition coefficient (Wildman–Crippen LogP) is 5.74. The van der Waals surface area contributed by atoms with Crippen LogP contribution in [0, 0.1) is 13.8 Å². The van der Waals surface area contributed by atoms with Crippen molar-refractivity contribution in [3.63, 3.8) is 0 Å². The van der Waals surface area contributed by atoms with Crippen LogP contribution in [0.5, 0.6) is 11.5 Å². The highest BCUT2D eigenvalue weighted by Gasteiger charge is 2.43. The van der Waals surface area contributed by atoms with Gasteiger partial charge in [0.2, 0.25) is 0 Å². The maximum Gasteiger partial charge on any atom is 0.174 e. The fourth-order valence-corrected chi connectivity index (χ4v) is 5.39. The first-order valence-corrected chi connectivity index (χ1v) is 12.4. The van der Waals surface area contributed by atoms with E-state index in [-0.39, 0.29) is 12.1 Å². The third-order valence-electron chi connectivity index (χ3n) is 6.86. The van der Waals surface area contributed by atoms with E-state index in [2.05, 4.69) is 63.9 Å². The fourth-order valence-electron chi connectivity index (χ4n) is 5.05. The normalized spacial score (nSPS) is 17.2. The lowest BCUT2D eigenvalue weighted by atomic mass is 9.96. The van der Waals surface area contributed by atoms with Crippen LogP contribution in [0.2, 0.25) is 0 Å². The molecule has 2 aromatic heterocycles. The molecule has 0 saturated carbocycles. The second kappa shape index (κ2) is 10.0. The van der Waals surface area contributed by atoms with E-state index in [0.717, 1.165) is 23.7 Å². The number of pyridine rings is 1. The van der Waals surface area contributed by atoms with E-state index in [0.29, 0.717) is 10.9 Å². The summed E-state index contributed by atoms with van der Waals surface area (Å²) in [6, 6.07) is 24.4. The van der Waals surface area contributed by atoms with Gasteiger partial charge >= 0.3 is 0 Å². The topological polar surface area (TPSA) is 51.5 Å². The number of anilines is 1. The van der Waals surface area contributed by atoms with Crippen LogP contribution in [0.4, 0.5) is 5.69 Å². The Morgan fingerprint density at radius 3 is 2.42 bits per heavy atom. The summed E-state index contributed by atoms with van der Waals surface area (Å²) in [6.07, 6.45) is 1.83.